The third-order valence-electron chi connectivity index (χ3n) is 5.47. The summed E-state index contributed by atoms with van der Waals surface area (Å²) in [5.74, 6) is -2.15. The molecule has 1 amide bonds. The number of Topliss-reactive ketones (excluding diaryl/α,β-unsaturated/α-hetero) is 1. The van der Waals surface area contributed by atoms with Crippen molar-refractivity contribution < 1.29 is 24.2 Å². The van der Waals surface area contributed by atoms with Crippen LogP contribution in [0.4, 0.5) is 4.79 Å². The number of aliphatic carboxylic acids is 1. The van der Waals surface area contributed by atoms with E-state index in [1.165, 1.54) is 4.90 Å². The number of hydrogen-bond donors (Lipinski definition) is 2. The number of likely N-dealkylation sites (tertiary alicyclic amines) is 1. The van der Waals surface area contributed by atoms with Crippen molar-refractivity contribution in [3.8, 4) is 0 Å². The summed E-state index contributed by atoms with van der Waals surface area (Å²) in [6.07, 6.45) is 2.00. The zero-order valence-corrected chi connectivity index (χ0v) is 14.6. The van der Waals surface area contributed by atoms with Crippen LogP contribution in [0.5, 0.6) is 0 Å². The number of amides is 1. The van der Waals surface area contributed by atoms with E-state index in [1.807, 2.05) is 30.3 Å². The zero-order chi connectivity index (χ0) is 18.7. The van der Waals surface area contributed by atoms with Gasteiger partial charge in [-0.25, -0.2) is 4.79 Å². The molecule has 2 fully saturated rings. The number of nitrogens with two attached hydrogens (primary N) is 1. The van der Waals surface area contributed by atoms with Crippen LogP contribution in [0.3, 0.4) is 0 Å². The maximum absolute atomic E-state index is 13.0. The number of carbonyl (C=O) groups is 3. The minimum absolute atomic E-state index is 0.135. The fourth-order valence-corrected chi connectivity index (χ4v) is 4.00. The Morgan fingerprint density at radius 3 is 2.62 bits per heavy atom. The lowest BCUT2D eigenvalue weighted by molar-refractivity contribution is -0.148. The van der Waals surface area contributed by atoms with Crippen molar-refractivity contribution in [2.24, 2.45) is 11.7 Å². The smallest absolute Gasteiger partial charge is 0.410 e. The molecule has 140 valence electrons. The fourth-order valence-electron chi connectivity index (χ4n) is 4.00. The lowest BCUT2D eigenvalue weighted by atomic mass is 9.82. The van der Waals surface area contributed by atoms with Crippen molar-refractivity contribution in [3.63, 3.8) is 0 Å². The first-order chi connectivity index (χ1) is 12.4. The molecular weight excluding hydrogens is 336 g/mol. The van der Waals surface area contributed by atoms with Crippen LogP contribution < -0.4 is 5.73 Å². The van der Waals surface area contributed by atoms with Crippen LogP contribution in [0.15, 0.2) is 30.3 Å². The van der Waals surface area contributed by atoms with E-state index < -0.39 is 29.6 Å². The predicted molar refractivity (Wildman–Crippen MR) is 93.3 cm³/mol. The second-order valence-electron chi connectivity index (χ2n) is 7.08. The van der Waals surface area contributed by atoms with E-state index in [-0.39, 0.29) is 18.8 Å². The minimum atomic E-state index is -1.53. The van der Waals surface area contributed by atoms with E-state index in [0.717, 1.165) is 5.56 Å². The van der Waals surface area contributed by atoms with Crippen LogP contribution in [-0.4, -0.2) is 46.0 Å². The Morgan fingerprint density at radius 1 is 1.19 bits per heavy atom. The van der Waals surface area contributed by atoms with E-state index >= 15 is 0 Å². The van der Waals surface area contributed by atoms with Crippen molar-refractivity contribution in [1.82, 2.24) is 4.90 Å². The van der Waals surface area contributed by atoms with Crippen molar-refractivity contribution in [1.29, 1.82) is 0 Å². The van der Waals surface area contributed by atoms with E-state index in [0.29, 0.717) is 32.2 Å². The first-order valence-corrected chi connectivity index (χ1v) is 8.97. The first kappa shape index (κ1) is 18.4. The van der Waals surface area contributed by atoms with Crippen LogP contribution >= 0.6 is 0 Å². The van der Waals surface area contributed by atoms with Gasteiger partial charge >= 0.3 is 12.1 Å². The second kappa shape index (κ2) is 7.45. The number of carbonyl (C=O) groups excluding carboxylic acids is 2. The lowest BCUT2D eigenvalue weighted by Gasteiger charge is -2.30. The number of benzene rings is 1. The number of rotatable bonds is 5. The molecule has 3 N–H and O–H groups in total. The maximum Gasteiger partial charge on any atom is 0.410 e. The molecule has 1 aliphatic heterocycles. The topological polar surface area (TPSA) is 110 Å². The molecule has 1 aromatic carbocycles. The monoisotopic (exact) mass is 360 g/mol. The van der Waals surface area contributed by atoms with Crippen molar-refractivity contribution >= 4 is 17.8 Å². The molecule has 1 saturated heterocycles. The van der Waals surface area contributed by atoms with Crippen LogP contribution in [0, 0.1) is 5.92 Å². The van der Waals surface area contributed by atoms with Gasteiger partial charge in [-0.05, 0) is 31.2 Å². The summed E-state index contributed by atoms with van der Waals surface area (Å²) < 4.78 is 5.34. The van der Waals surface area contributed by atoms with Crippen molar-refractivity contribution in [3.05, 3.63) is 35.9 Å². The standard InChI is InChI=1S/C19H24N2O5/c20-19(17(23)24)10-4-8-14(19)16(22)15-9-5-11-21(15)18(25)26-12-13-6-2-1-3-7-13/h1-3,6-7,14-15H,4-5,8-12,20H2,(H,23,24)/t14?,15-,19?/m0/s1. The Balaban J connectivity index is 1.66. The Bertz CT molecular complexity index is 692. The van der Waals surface area contributed by atoms with Gasteiger partial charge in [0.1, 0.15) is 12.1 Å². The van der Waals surface area contributed by atoms with E-state index in [9.17, 15) is 19.5 Å². The van der Waals surface area contributed by atoms with Gasteiger partial charge in [0.25, 0.3) is 0 Å². The van der Waals surface area contributed by atoms with Crippen molar-refractivity contribution in [2.75, 3.05) is 6.54 Å². The summed E-state index contributed by atoms with van der Waals surface area (Å²) in [6, 6.07) is 8.66. The molecule has 0 aromatic heterocycles. The molecule has 26 heavy (non-hydrogen) atoms. The largest absolute Gasteiger partial charge is 0.480 e. The first-order valence-electron chi connectivity index (χ1n) is 8.97. The van der Waals surface area contributed by atoms with Crippen molar-refractivity contribution in [2.45, 2.75) is 50.3 Å². The van der Waals surface area contributed by atoms with Gasteiger partial charge < -0.3 is 15.6 Å². The third-order valence-corrected chi connectivity index (χ3v) is 5.47. The number of carboxylic acid groups (broad SMARTS) is 1. The Morgan fingerprint density at radius 2 is 1.92 bits per heavy atom. The molecular formula is C19H24N2O5. The van der Waals surface area contributed by atoms with Crippen LogP contribution in [-0.2, 0) is 20.9 Å². The van der Waals surface area contributed by atoms with Crippen LogP contribution in [0.2, 0.25) is 0 Å². The van der Waals surface area contributed by atoms with Gasteiger partial charge in [0.15, 0.2) is 5.78 Å². The summed E-state index contributed by atoms with van der Waals surface area (Å²) in [5.41, 5.74) is 5.35. The highest BCUT2D eigenvalue weighted by Gasteiger charge is 2.52. The zero-order valence-electron chi connectivity index (χ0n) is 14.6. The molecule has 2 unspecified atom stereocenters. The summed E-state index contributed by atoms with van der Waals surface area (Å²) >= 11 is 0. The second-order valence-corrected chi connectivity index (χ2v) is 7.08. The summed E-state index contributed by atoms with van der Waals surface area (Å²) in [5, 5.41) is 9.44. The number of ketones is 1. The molecule has 7 heteroatoms. The Labute approximate surface area is 152 Å². The Kier molecular flexibility index (Phi) is 5.27. The van der Waals surface area contributed by atoms with Crippen LogP contribution in [0.25, 0.3) is 0 Å². The minimum Gasteiger partial charge on any atom is -0.480 e. The maximum atomic E-state index is 13.0. The van der Waals surface area contributed by atoms with Gasteiger partial charge in [-0.1, -0.05) is 36.8 Å². The molecule has 3 atom stereocenters. The number of ether oxygens (including phenoxy) is 1. The molecule has 7 nitrogen and oxygen atoms in total. The third kappa shape index (κ3) is 3.44. The quantitative estimate of drug-likeness (QED) is 0.830. The highest BCUT2D eigenvalue weighted by molar-refractivity contribution is 5.96. The van der Waals surface area contributed by atoms with Gasteiger partial charge in [0.05, 0.1) is 6.04 Å². The highest BCUT2D eigenvalue weighted by atomic mass is 16.6. The number of nitrogens with zero attached hydrogens (tertiary/aromatic N) is 1. The van der Waals surface area contributed by atoms with Crippen LogP contribution in [0.1, 0.15) is 37.7 Å². The van der Waals surface area contributed by atoms with Gasteiger partial charge in [0, 0.05) is 12.5 Å². The summed E-state index contributed by atoms with van der Waals surface area (Å²) in [4.78, 5) is 38.4. The molecule has 0 spiro atoms. The predicted octanol–water partition coefficient (Wildman–Crippen LogP) is 1.94. The summed E-state index contributed by atoms with van der Waals surface area (Å²) in [6.45, 7) is 0.567. The number of hydrogen-bond acceptors (Lipinski definition) is 5. The lowest BCUT2D eigenvalue weighted by Crippen LogP contribution is -2.56. The normalized spacial score (nSPS) is 28.1. The van der Waals surface area contributed by atoms with E-state index in [4.69, 9.17) is 10.5 Å². The molecule has 2 aliphatic rings. The van der Waals surface area contributed by atoms with E-state index in [2.05, 4.69) is 0 Å². The molecule has 0 radical (unpaired) electrons. The molecule has 3 rings (SSSR count). The van der Waals surface area contributed by atoms with Gasteiger partial charge in [-0.2, -0.15) is 0 Å². The molecule has 1 saturated carbocycles. The number of carboxylic acids is 1. The molecule has 0 bridgehead atoms. The van der Waals surface area contributed by atoms with Gasteiger partial charge in [0.2, 0.25) is 0 Å². The highest BCUT2D eigenvalue weighted by Crippen LogP contribution is 2.37. The van der Waals surface area contributed by atoms with Gasteiger partial charge in [-0.3, -0.25) is 14.5 Å². The molecule has 1 aliphatic carbocycles. The summed E-state index contributed by atoms with van der Waals surface area (Å²) in [7, 11) is 0. The average Bonchev–Trinajstić information content (AvgIpc) is 3.27. The Hall–Kier alpha value is -2.41. The molecule has 1 heterocycles. The average molecular weight is 360 g/mol. The fraction of sp³-hybridized carbons (Fsp3) is 0.526. The molecule has 1 aromatic rings. The van der Waals surface area contributed by atoms with Gasteiger partial charge in [-0.15, -0.1) is 0 Å². The SMILES string of the molecule is NC1(C(=O)O)CCCC1C(=O)[C@@H]1CCCN1C(=O)OCc1ccccc1. The van der Waals surface area contributed by atoms with E-state index in [1.54, 1.807) is 0 Å².